The van der Waals surface area contributed by atoms with Crippen LogP contribution < -0.4 is 14.8 Å². The highest BCUT2D eigenvalue weighted by atomic mass is 16.5. The second kappa shape index (κ2) is 7.50. The Morgan fingerprint density at radius 2 is 1.88 bits per heavy atom. The third-order valence-corrected chi connectivity index (χ3v) is 3.72. The fourth-order valence-corrected chi connectivity index (χ4v) is 2.63. The quantitative estimate of drug-likeness (QED) is 0.646. The van der Waals surface area contributed by atoms with Crippen molar-refractivity contribution in [3.8, 4) is 11.5 Å². The molecule has 0 aliphatic heterocycles. The zero-order valence-corrected chi connectivity index (χ0v) is 13.4. The topological polar surface area (TPSA) is 65.4 Å². The second-order valence-electron chi connectivity index (χ2n) is 5.17. The molecule has 0 fully saturated rings. The molecule has 6 nitrogen and oxygen atoms in total. The van der Waals surface area contributed by atoms with E-state index in [-0.39, 0.29) is 0 Å². The lowest BCUT2D eigenvalue weighted by atomic mass is 10.3. The lowest BCUT2D eigenvalue weighted by Crippen LogP contribution is -2.17. The molecule has 24 heavy (non-hydrogen) atoms. The minimum Gasteiger partial charge on any atom is -0.493 e. The average Bonchev–Trinajstić information content (AvgIpc) is 2.98. The van der Waals surface area contributed by atoms with Gasteiger partial charge < -0.3 is 19.4 Å². The molecule has 0 unspecified atom stereocenters. The standard InChI is InChI=1S/C18H19N3O3/c1-23-16-8-4-5-9-17(16)24-11-10-21-15-7-3-2-6-14(15)20-18(21)12-19-13-22/h2-9,13H,10-12H2,1H3,(H,19,22). The number of imidazole rings is 1. The Balaban J connectivity index is 1.77. The van der Waals surface area contributed by atoms with E-state index in [1.165, 1.54) is 0 Å². The number of nitrogens with one attached hydrogen (secondary N) is 1. The predicted molar refractivity (Wildman–Crippen MR) is 91.1 cm³/mol. The Bertz CT molecular complexity index is 829. The number of aromatic nitrogens is 2. The van der Waals surface area contributed by atoms with Crippen molar-refractivity contribution in [1.82, 2.24) is 14.9 Å². The predicted octanol–water partition coefficient (Wildman–Crippen LogP) is 2.37. The molecule has 0 atom stereocenters. The van der Waals surface area contributed by atoms with Gasteiger partial charge in [0.2, 0.25) is 6.41 Å². The van der Waals surface area contributed by atoms with E-state index in [1.54, 1.807) is 7.11 Å². The molecule has 0 bridgehead atoms. The van der Waals surface area contributed by atoms with Crippen LogP contribution in [-0.2, 0) is 17.9 Å². The van der Waals surface area contributed by atoms with Crippen LogP contribution in [0.1, 0.15) is 5.82 Å². The van der Waals surface area contributed by atoms with E-state index >= 15 is 0 Å². The summed E-state index contributed by atoms with van der Waals surface area (Å²) in [6, 6.07) is 15.4. The molecular weight excluding hydrogens is 306 g/mol. The highest BCUT2D eigenvalue weighted by Crippen LogP contribution is 2.26. The van der Waals surface area contributed by atoms with Gasteiger partial charge in [0.1, 0.15) is 12.4 Å². The van der Waals surface area contributed by atoms with Crippen LogP contribution in [0.2, 0.25) is 0 Å². The fourth-order valence-electron chi connectivity index (χ4n) is 2.63. The van der Waals surface area contributed by atoms with Gasteiger partial charge in [-0.2, -0.15) is 0 Å². The minimum absolute atomic E-state index is 0.382. The third kappa shape index (κ3) is 3.32. The molecule has 1 amide bonds. The molecule has 0 radical (unpaired) electrons. The van der Waals surface area contributed by atoms with Gasteiger partial charge in [-0.1, -0.05) is 24.3 Å². The number of para-hydroxylation sites is 4. The van der Waals surface area contributed by atoms with Crippen LogP contribution in [0.4, 0.5) is 0 Å². The molecule has 6 heteroatoms. The van der Waals surface area contributed by atoms with Gasteiger partial charge in [-0.05, 0) is 24.3 Å². The summed E-state index contributed by atoms with van der Waals surface area (Å²) in [7, 11) is 1.62. The van der Waals surface area contributed by atoms with Gasteiger partial charge >= 0.3 is 0 Å². The smallest absolute Gasteiger partial charge is 0.207 e. The van der Waals surface area contributed by atoms with E-state index in [1.807, 2.05) is 48.5 Å². The highest BCUT2D eigenvalue weighted by molar-refractivity contribution is 5.75. The van der Waals surface area contributed by atoms with Gasteiger partial charge in [-0.3, -0.25) is 4.79 Å². The van der Waals surface area contributed by atoms with Crippen molar-refractivity contribution < 1.29 is 14.3 Å². The van der Waals surface area contributed by atoms with Gasteiger partial charge in [0.05, 0.1) is 31.2 Å². The molecule has 3 aromatic rings. The molecule has 1 N–H and O–H groups in total. The number of ether oxygens (including phenoxy) is 2. The minimum atomic E-state index is 0.382. The summed E-state index contributed by atoms with van der Waals surface area (Å²) in [5.74, 6) is 2.21. The Morgan fingerprint density at radius 3 is 2.67 bits per heavy atom. The molecule has 0 aliphatic carbocycles. The number of hydrogen-bond donors (Lipinski definition) is 1. The van der Waals surface area contributed by atoms with Crippen LogP contribution in [0.3, 0.4) is 0 Å². The summed E-state index contributed by atoms with van der Waals surface area (Å²) in [5.41, 5.74) is 1.92. The Kier molecular flexibility index (Phi) is 4.96. The maximum absolute atomic E-state index is 10.6. The maximum atomic E-state index is 10.6. The number of rotatable bonds is 8. The maximum Gasteiger partial charge on any atom is 0.207 e. The van der Waals surface area contributed by atoms with Crippen LogP contribution in [-0.4, -0.2) is 29.7 Å². The van der Waals surface area contributed by atoms with E-state index < -0.39 is 0 Å². The molecule has 0 saturated heterocycles. The molecule has 124 valence electrons. The summed E-state index contributed by atoms with van der Waals surface area (Å²) >= 11 is 0. The normalized spacial score (nSPS) is 10.5. The molecule has 3 rings (SSSR count). The monoisotopic (exact) mass is 325 g/mol. The van der Waals surface area contributed by atoms with Crippen molar-refractivity contribution >= 4 is 17.4 Å². The Hall–Kier alpha value is -3.02. The van der Waals surface area contributed by atoms with Crippen molar-refractivity contribution in [3.63, 3.8) is 0 Å². The van der Waals surface area contributed by atoms with Gasteiger partial charge in [-0.15, -0.1) is 0 Å². The summed E-state index contributed by atoms with van der Waals surface area (Å²) in [6.07, 6.45) is 0.676. The first kappa shape index (κ1) is 15.9. The SMILES string of the molecule is COc1ccccc1OCCn1c(CNC=O)nc2ccccc21. The van der Waals surface area contributed by atoms with Crippen LogP contribution in [0, 0.1) is 0 Å². The number of hydrogen-bond acceptors (Lipinski definition) is 4. The molecule has 2 aromatic carbocycles. The van der Waals surface area contributed by atoms with E-state index in [0.29, 0.717) is 37.6 Å². The first-order chi connectivity index (χ1) is 11.8. The van der Waals surface area contributed by atoms with E-state index in [9.17, 15) is 4.79 Å². The number of nitrogens with zero attached hydrogens (tertiary/aromatic N) is 2. The van der Waals surface area contributed by atoms with E-state index in [4.69, 9.17) is 9.47 Å². The summed E-state index contributed by atoms with van der Waals surface area (Å²) in [6.45, 7) is 1.47. The van der Waals surface area contributed by atoms with Crippen LogP contribution in [0.5, 0.6) is 11.5 Å². The van der Waals surface area contributed by atoms with Crippen molar-refractivity contribution in [1.29, 1.82) is 0 Å². The van der Waals surface area contributed by atoms with Crippen molar-refractivity contribution in [2.24, 2.45) is 0 Å². The lowest BCUT2D eigenvalue weighted by Gasteiger charge is -2.12. The van der Waals surface area contributed by atoms with Crippen LogP contribution >= 0.6 is 0 Å². The third-order valence-electron chi connectivity index (χ3n) is 3.72. The number of amides is 1. The van der Waals surface area contributed by atoms with Crippen molar-refractivity contribution in [2.75, 3.05) is 13.7 Å². The number of fused-ring (bicyclic) bond motifs is 1. The first-order valence-electron chi connectivity index (χ1n) is 7.70. The highest BCUT2D eigenvalue weighted by Gasteiger charge is 2.10. The van der Waals surface area contributed by atoms with Gasteiger partial charge in [0.15, 0.2) is 11.5 Å². The average molecular weight is 325 g/mol. The van der Waals surface area contributed by atoms with Gasteiger partial charge in [-0.25, -0.2) is 4.98 Å². The van der Waals surface area contributed by atoms with Crippen LogP contribution in [0.15, 0.2) is 48.5 Å². The molecule has 1 aromatic heterocycles. The number of carbonyl (C=O) groups is 1. The molecule has 0 aliphatic rings. The fraction of sp³-hybridized carbons (Fsp3) is 0.222. The van der Waals surface area contributed by atoms with Crippen molar-refractivity contribution in [2.45, 2.75) is 13.1 Å². The van der Waals surface area contributed by atoms with E-state index in [2.05, 4.69) is 14.9 Å². The molecular formula is C18H19N3O3. The van der Waals surface area contributed by atoms with E-state index in [0.717, 1.165) is 16.9 Å². The first-order valence-corrected chi connectivity index (χ1v) is 7.70. The number of benzene rings is 2. The van der Waals surface area contributed by atoms with Gasteiger partial charge in [0.25, 0.3) is 0 Å². The Labute approximate surface area is 140 Å². The summed E-state index contributed by atoms with van der Waals surface area (Å²) < 4.78 is 13.2. The molecule has 0 saturated carbocycles. The molecule has 1 heterocycles. The lowest BCUT2D eigenvalue weighted by molar-refractivity contribution is -0.109. The van der Waals surface area contributed by atoms with Crippen molar-refractivity contribution in [3.05, 3.63) is 54.4 Å². The van der Waals surface area contributed by atoms with Gasteiger partial charge in [0, 0.05) is 0 Å². The largest absolute Gasteiger partial charge is 0.493 e. The Morgan fingerprint density at radius 1 is 1.12 bits per heavy atom. The second-order valence-corrected chi connectivity index (χ2v) is 5.17. The molecule has 0 spiro atoms. The zero-order chi connectivity index (χ0) is 16.8. The van der Waals surface area contributed by atoms with Crippen LogP contribution in [0.25, 0.3) is 11.0 Å². The zero-order valence-electron chi connectivity index (χ0n) is 13.4. The summed E-state index contributed by atoms with van der Waals surface area (Å²) in [4.78, 5) is 15.2. The number of carbonyl (C=O) groups excluding carboxylic acids is 1. The summed E-state index contributed by atoms with van der Waals surface area (Å²) in [5, 5.41) is 2.67. The number of methoxy groups -OCH3 is 1.